The minimum atomic E-state index is -0.659. The quantitative estimate of drug-likeness (QED) is 0.743. The number of carbonyl (C=O) groups excluding carboxylic acids is 2. The van der Waals surface area contributed by atoms with E-state index in [-0.39, 0.29) is 11.8 Å². The summed E-state index contributed by atoms with van der Waals surface area (Å²) < 4.78 is 5.54. The maximum atomic E-state index is 13.1. The van der Waals surface area contributed by atoms with Gasteiger partial charge in [0.15, 0.2) is 0 Å². The molecule has 142 valence electrons. The van der Waals surface area contributed by atoms with Gasteiger partial charge in [-0.2, -0.15) is 0 Å². The summed E-state index contributed by atoms with van der Waals surface area (Å²) in [7, 11) is 0. The van der Waals surface area contributed by atoms with E-state index >= 15 is 0 Å². The van der Waals surface area contributed by atoms with Crippen molar-refractivity contribution in [3.63, 3.8) is 0 Å². The van der Waals surface area contributed by atoms with Crippen LogP contribution >= 0.6 is 0 Å². The molecule has 1 aromatic heterocycles. The molecule has 1 aliphatic heterocycles. The number of benzene rings is 2. The van der Waals surface area contributed by atoms with Crippen LogP contribution in [0.4, 0.5) is 0 Å². The van der Waals surface area contributed by atoms with Crippen LogP contribution < -0.4 is 5.32 Å². The van der Waals surface area contributed by atoms with E-state index in [2.05, 4.69) is 5.32 Å². The van der Waals surface area contributed by atoms with Crippen molar-refractivity contribution < 1.29 is 14.0 Å². The predicted molar refractivity (Wildman–Crippen MR) is 105 cm³/mol. The zero-order valence-electron chi connectivity index (χ0n) is 15.7. The molecule has 3 aromatic rings. The van der Waals surface area contributed by atoms with Crippen LogP contribution in [0, 0.1) is 6.92 Å². The van der Waals surface area contributed by atoms with Crippen molar-refractivity contribution >= 4 is 11.8 Å². The number of nitrogens with zero attached hydrogens (tertiary/aromatic N) is 1. The van der Waals surface area contributed by atoms with E-state index in [1.807, 2.05) is 73.7 Å². The first kappa shape index (κ1) is 18.0. The van der Waals surface area contributed by atoms with Crippen LogP contribution in [0.2, 0.25) is 0 Å². The molecule has 2 aromatic carbocycles. The maximum absolute atomic E-state index is 13.1. The lowest BCUT2D eigenvalue weighted by Gasteiger charge is -2.36. The molecule has 28 heavy (non-hydrogen) atoms. The molecule has 0 radical (unpaired) electrons. The van der Waals surface area contributed by atoms with Crippen molar-refractivity contribution in [2.24, 2.45) is 0 Å². The summed E-state index contributed by atoms with van der Waals surface area (Å²) >= 11 is 0. The van der Waals surface area contributed by atoms with Gasteiger partial charge in [-0.1, -0.05) is 54.6 Å². The number of hydrogen-bond acceptors (Lipinski definition) is 3. The number of rotatable bonds is 5. The molecular formula is C23H22N2O3. The second kappa shape index (κ2) is 7.72. The molecule has 2 amide bonds. The van der Waals surface area contributed by atoms with Gasteiger partial charge in [0.2, 0.25) is 11.8 Å². The number of furan rings is 1. The van der Waals surface area contributed by atoms with E-state index in [1.54, 1.807) is 4.90 Å². The zero-order valence-corrected chi connectivity index (χ0v) is 15.7. The number of fused-ring (bicyclic) bond motifs is 1. The molecule has 4 rings (SSSR count). The van der Waals surface area contributed by atoms with Crippen LogP contribution in [0.3, 0.4) is 0 Å². The second-order valence-electron chi connectivity index (χ2n) is 7.02. The molecule has 1 N–H and O–H groups in total. The van der Waals surface area contributed by atoms with Crippen LogP contribution in [-0.4, -0.2) is 16.7 Å². The first-order valence-electron chi connectivity index (χ1n) is 9.36. The van der Waals surface area contributed by atoms with Crippen molar-refractivity contribution in [3.05, 3.63) is 94.9 Å². The highest BCUT2D eigenvalue weighted by Crippen LogP contribution is 2.32. The standard InChI is InChI=1S/C23H22N2O3/c1-16-11-12-19(28-16)14-24-23(27)22-20-10-6-5-9-18(20)13-21(26)25(22)15-17-7-3-2-4-8-17/h2-12,22H,13-15H2,1H3,(H,24,27)/t22-/m1/s1. The van der Waals surface area contributed by atoms with Crippen LogP contribution in [0.25, 0.3) is 0 Å². The lowest BCUT2D eigenvalue weighted by Crippen LogP contribution is -2.46. The summed E-state index contributed by atoms with van der Waals surface area (Å²) in [5, 5.41) is 2.93. The summed E-state index contributed by atoms with van der Waals surface area (Å²) in [6.07, 6.45) is 0.310. The number of hydrogen-bond donors (Lipinski definition) is 1. The van der Waals surface area contributed by atoms with Gasteiger partial charge in [-0.15, -0.1) is 0 Å². The smallest absolute Gasteiger partial charge is 0.247 e. The number of nitrogens with one attached hydrogen (secondary N) is 1. The van der Waals surface area contributed by atoms with Gasteiger partial charge in [-0.05, 0) is 35.7 Å². The molecule has 0 spiro atoms. The van der Waals surface area contributed by atoms with Crippen molar-refractivity contribution in [1.82, 2.24) is 10.2 Å². The number of aryl methyl sites for hydroxylation is 1. The number of amides is 2. The van der Waals surface area contributed by atoms with Crippen molar-refractivity contribution in [1.29, 1.82) is 0 Å². The third-order valence-corrected chi connectivity index (χ3v) is 5.00. The van der Waals surface area contributed by atoms with Gasteiger partial charge in [0.05, 0.1) is 13.0 Å². The van der Waals surface area contributed by atoms with E-state index in [0.717, 1.165) is 22.5 Å². The molecule has 0 aliphatic carbocycles. The van der Waals surface area contributed by atoms with Gasteiger partial charge in [-0.25, -0.2) is 0 Å². The molecule has 2 heterocycles. The van der Waals surface area contributed by atoms with Crippen LogP contribution in [0.5, 0.6) is 0 Å². The maximum Gasteiger partial charge on any atom is 0.247 e. The Morgan fingerprint density at radius 1 is 1.07 bits per heavy atom. The van der Waals surface area contributed by atoms with Crippen LogP contribution in [0.15, 0.2) is 71.1 Å². The fraction of sp³-hybridized carbons (Fsp3) is 0.217. The van der Waals surface area contributed by atoms with E-state index in [0.29, 0.717) is 25.3 Å². The van der Waals surface area contributed by atoms with Crippen molar-refractivity contribution in [2.45, 2.75) is 32.5 Å². The lowest BCUT2D eigenvalue weighted by atomic mass is 9.91. The van der Waals surface area contributed by atoms with Gasteiger partial charge < -0.3 is 14.6 Å². The Balaban J connectivity index is 1.62. The molecular weight excluding hydrogens is 352 g/mol. The van der Waals surface area contributed by atoms with Gasteiger partial charge >= 0.3 is 0 Å². The first-order chi connectivity index (χ1) is 13.6. The highest BCUT2D eigenvalue weighted by molar-refractivity contribution is 5.92. The SMILES string of the molecule is Cc1ccc(CNC(=O)[C@H]2c3ccccc3CC(=O)N2Cc2ccccc2)o1. The Morgan fingerprint density at radius 3 is 2.57 bits per heavy atom. The average molecular weight is 374 g/mol. The molecule has 1 aliphatic rings. The first-order valence-corrected chi connectivity index (χ1v) is 9.36. The third-order valence-electron chi connectivity index (χ3n) is 5.00. The number of carbonyl (C=O) groups is 2. The summed E-state index contributed by atoms with van der Waals surface area (Å²) in [4.78, 5) is 27.7. The highest BCUT2D eigenvalue weighted by atomic mass is 16.3. The largest absolute Gasteiger partial charge is 0.465 e. The fourth-order valence-electron chi connectivity index (χ4n) is 3.63. The van der Waals surface area contributed by atoms with E-state index < -0.39 is 6.04 Å². The minimum absolute atomic E-state index is 0.0449. The summed E-state index contributed by atoms with van der Waals surface area (Å²) in [6.45, 7) is 2.55. The molecule has 0 saturated carbocycles. The van der Waals surface area contributed by atoms with Gasteiger partial charge in [0.25, 0.3) is 0 Å². The Morgan fingerprint density at radius 2 is 1.82 bits per heavy atom. The molecule has 0 bridgehead atoms. The Labute approximate surface area is 164 Å². The molecule has 0 saturated heterocycles. The van der Waals surface area contributed by atoms with E-state index in [9.17, 15) is 9.59 Å². The fourth-order valence-corrected chi connectivity index (χ4v) is 3.63. The van der Waals surface area contributed by atoms with Gasteiger partial charge in [-0.3, -0.25) is 9.59 Å². The minimum Gasteiger partial charge on any atom is -0.465 e. The van der Waals surface area contributed by atoms with Crippen molar-refractivity contribution in [2.75, 3.05) is 0 Å². The Hall–Kier alpha value is -3.34. The van der Waals surface area contributed by atoms with Crippen LogP contribution in [-0.2, 0) is 29.1 Å². The Bertz CT molecular complexity index is 994. The van der Waals surface area contributed by atoms with Gasteiger partial charge in [0, 0.05) is 6.54 Å². The molecule has 0 unspecified atom stereocenters. The van der Waals surface area contributed by atoms with Crippen LogP contribution in [0.1, 0.15) is 34.3 Å². The molecule has 5 nitrogen and oxygen atoms in total. The summed E-state index contributed by atoms with van der Waals surface area (Å²) in [5.74, 6) is 1.24. The molecule has 0 fully saturated rings. The lowest BCUT2D eigenvalue weighted by molar-refractivity contribution is -0.142. The molecule has 5 heteroatoms. The third kappa shape index (κ3) is 3.69. The average Bonchev–Trinajstić information content (AvgIpc) is 3.13. The van der Waals surface area contributed by atoms with Gasteiger partial charge in [0.1, 0.15) is 17.6 Å². The highest BCUT2D eigenvalue weighted by Gasteiger charge is 2.36. The van der Waals surface area contributed by atoms with E-state index in [1.165, 1.54) is 0 Å². The summed E-state index contributed by atoms with van der Waals surface area (Å²) in [6, 6.07) is 20.5. The van der Waals surface area contributed by atoms with E-state index in [4.69, 9.17) is 4.42 Å². The predicted octanol–water partition coefficient (Wildman–Crippen LogP) is 3.53. The summed E-state index contributed by atoms with van der Waals surface area (Å²) in [5.41, 5.74) is 2.78. The van der Waals surface area contributed by atoms with Crippen molar-refractivity contribution in [3.8, 4) is 0 Å². The monoisotopic (exact) mass is 374 g/mol. The Kier molecular flexibility index (Phi) is 4.98. The zero-order chi connectivity index (χ0) is 19.5. The second-order valence-corrected chi connectivity index (χ2v) is 7.02. The normalized spacial score (nSPS) is 16.0. The molecule has 1 atom stereocenters. The topological polar surface area (TPSA) is 62.6 Å².